The first-order chi connectivity index (χ1) is 9.63. The summed E-state index contributed by atoms with van der Waals surface area (Å²) in [7, 11) is 0. The van der Waals surface area contributed by atoms with Gasteiger partial charge in [-0.05, 0) is 45.4 Å². The van der Waals surface area contributed by atoms with Gasteiger partial charge < -0.3 is 16.0 Å². The lowest BCUT2D eigenvalue weighted by Crippen LogP contribution is -2.28. The van der Waals surface area contributed by atoms with Crippen LogP contribution in [-0.2, 0) is 0 Å². The van der Waals surface area contributed by atoms with Crippen LogP contribution in [0.2, 0.25) is 0 Å². The second kappa shape index (κ2) is 12.5. The number of hydrogen-bond acceptors (Lipinski definition) is 2. The molecular formula is C16H29N3O. The summed E-state index contributed by atoms with van der Waals surface area (Å²) < 4.78 is 0. The topological polar surface area (TPSA) is 53.2 Å². The average Bonchev–Trinajstić information content (AvgIpc) is 2.46. The van der Waals surface area contributed by atoms with Gasteiger partial charge in [0.2, 0.25) is 0 Å². The molecule has 0 fully saturated rings. The van der Waals surface area contributed by atoms with Gasteiger partial charge in [0, 0.05) is 18.3 Å². The quantitative estimate of drug-likeness (QED) is 0.745. The molecule has 4 nitrogen and oxygen atoms in total. The van der Waals surface area contributed by atoms with Gasteiger partial charge in [0.25, 0.3) is 0 Å². The number of carbonyl (C=O) groups is 1. The Hall–Kier alpha value is -1.55. The van der Waals surface area contributed by atoms with Crippen LogP contribution >= 0.6 is 0 Å². The number of para-hydroxylation sites is 1. The van der Waals surface area contributed by atoms with E-state index in [4.69, 9.17) is 0 Å². The number of rotatable bonds is 6. The van der Waals surface area contributed by atoms with Crippen LogP contribution in [0.4, 0.5) is 10.5 Å². The predicted molar refractivity (Wildman–Crippen MR) is 87.2 cm³/mol. The number of carbonyl (C=O) groups excluding carboxylic acids is 1. The molecule has 0 saturated carbocycles. The SMILES string of the molecule is CCCNC(C)CC.CCNC(=O)Nc1ccccc1. The van der Waals surface area contributed by atoms with Crippen LogP contribution in [0.15, 0.2) is 30.3 Å². The molecule has 4 heteroatoms. The van der Waals surface area contributed by atoms with E-state index in [0.717, 1.165) is 12.2 Å². The Morgan fingerprint density at radius 2 is 1.80 bits per heavy atom. The van der Waals surface area contributed by atoms with Crippen molar-refractivity contribution in [1.82, 2.24) is 10.6 Å². The van der Waals surface area contributed by atoms with Gasteiger partial charge in [0.05, 0.1) is 0 Å². The summed E-state index contributed by atoms with van der Waals surface area (Å²) in [6, 6.07) is 9.88. The van der Waals surface area contributed by atoms with Crippen LogP contribution in [0.1, 0.15) is 40.5 Å². The third-order valence-corrected chi connectivity index (χ3v) is 2.72. The summed E-state index contributed by atoms with van der Waals surface area (Å²) in [6.07, 6.45) is 2.48. The van der Waals surface area contributed by atoms with Crippen molar-refractivity contribution in [3.05, 3.63) is 30.3 Å². The van der Waals surface area contributed by atoms with Crippen molar-refractivity contribution in [3.8, 4) is 0 Å². The summed E-state index contributed by atoms with van der Waals surface area (Å²) in [4.78, 5) is 11.0. The van der Waals surface area contributed by atoms with Crippen molar-refractivity contribution in [2.75, 3.05) is 18.4 Å². The second-order valence-electron chi connectivity index (χ2n) is 4.61. The summed E-state index contributed by atoms with van der Waals surface area (Å²) in [5, 5.41) is 8.72. The minimum Gasteiger partial charge on any atom is -0.338 e. The third-order valence-electron chi connectivity index (χ3n) is 2.72. The molecule has 0 heterocycles. The van der Waals surface area contributed by atoms with Crippen molar-refractivity contribution in [1.29, 1.82) is 0 Å². The summed E-state index contributed by atoms with van der Waals surface area (Å²) in [5.74, 6) is 0. The highest BCUT2D eigenvalue weighted by atomic mass is 16.2. The largest absolute Gasteiger partial charge is 0.338 e. The van der Waals surface area contributed by atoms with E-state index >= 15 is 0 Å². The predicted octanol–water partition coefficient (Wildman–Crippen LogP) is 3.61. The first-order valence-corrected chi connectivity index (χ1v) is 7.47. The number of anilines is 1. The van der Waals surface area contributed by atoms with Gasteiger partial charge in [-0.25, -0.2) is 4.79 Å². The molecule has 114 valence electrons. The lowest BCUT2D eigenvalue weighted by Gasteiger charge is -2.08. The molecule has 0 radical (unpaired) electrons. The summed E-state index contributed by atoms with van der Waals surface area (Å²) in [5.41, 5.74) is 0.809. The first-order valence-electron chi connectivity index (χ1n) is 7.47. The van der Waals surface area contributed by atoms with Crippen LogP contribution in [0.5, 0.6) is 0 Å². The number of nitrogens with one attached hydrogen (secondary N) is 3. The van der Waals surface area contributed by atoms with E-state index < -0.39 is 0 Å². The minimum absolute atomic E-state index is 0.163. The zero-order chi connectivity index (χ0) is 15.2. The van der Waals surface area contributed by atoms with Gasteiger partial charge in [-0.1, -0.05) is 32.0 Å². The lowest BCUT2D eigenvalue weighted by molar-refractivity contribution is 0.252. The minimum atomic E-state index is -0.163. The van der Waals surface area contributed by atoms with Gasteiger partial charge in [-0.3, -0.25) is 0 Å². The highest BCUT2D eigenvalue weighted by Crippen LogP contribution is 2.03. The Balaban J connectivity index is 0.000000396. The smallest absolute Gasteiger partial charge is 0.319 e. The molecule has 0 saturated heterocycles. The fourth-order valence-electron chi connectivity index (χ4n) is 1.39. The van der Waals surface area contributed by atoms with Gasteiger partial charge in [0.15, 0.2) is 0 Å². The molecule has 1 atom stereocenters. The van der Waals surface area contributed by atoms with E-state index in [1.807, 2.05) is 37.3 Å². The molecule has 1 aromatic carbocycles. The summed E-state index contributed by atoms with van der Waals surface area (Å²) in [6.45, 7) is 10.3. The molecule has 1 aromatic rings. The lowest BCUT2D eigenvalue weighted by atomic mass is 10.2. The molecule has 0 aliphatic rings. The zero-order valence-corrected chi connectivity index (χ0v) is 13.2. The molecular weight excluding hydrogens is 250 g/mol. The van der Waals surface area contributed by atoms with Gasteiger partial charge in [-0.15, -0.1) is 0 Å². The van der Waals surface area contributed by atoms with E-state index in [0.29, 0.717) is 12.6 Å². The Kier molecular flexibility index (Phi) is 11.5. The molecule has 2 amide bonds. The van der Waals surface area contributed by atoms with Gasteiger partial charge in [0.1, 0.15) is 0 Å². The maximum Gasteiger partial charge on any atom is 0.319 e. The van der Waals surface area contributed by atoms with Crippen LogP contribution in [0.25, 0.3) is 0 Å². The van der Waals surface area contributed by atoms with Crippen molar-refractivity contribution < 1.29 is 4.79 Å². The van der Waals surface area contributed by atoms with Crippen LogP contribution in [-0.4, -0.2) is 25.2 Å². The maximum absolute atomic E-state index is 11.0. The van der Waals surface area contributed by atoms with E-state index in [1.54, 1.807) is 0 Å². The average molecular weight is 279 g/mol. The van der Waals surface area contributed by atoms with Gasteiger partial charge in [-0.2, -0.15) is 0 Å². The standard InChI is InChI=1S/C9H12N2O.C7H17N/c1-2-10-9(12)11-8-6-4-3-5-7-8;1-4-6-8-7(3)5-2/h3-7H,2H2,1H3,(H2,10,11,12);7-8H,4-6H2,1-3H3. The maximum atomic E-state index is 11.0. The highest BCUT2D eigenvalue weighted by molar-refractivity contribution is 5.89. The Morgan fingerprint density at radius 1 is 1.15 bits per heavy atom. The highest BCUT2D eigenvalue weighted by Gasteiger charge is 1.96. The number of urea groups is 1. The monoisotopic (exact) mass is 279 g/mol. The van der Waals surface area contributed by atoms with Crippen molar-refractivity contribution in [2.45, 2.75) is 46.6 Å². The Bertz CT molecular complexity index is 341. The first kappa shape index (κ1) is 18.4. The van der Waals surface area contributed by atoms with E-state index in [9.17, 15) is 4.79 Å². The fraction of sp³-hybridized carbons (Fsp3) is 0.562. The molecule has 0 aliphatic heterocycles. The number of amides is 2. The second-order valence-corrected chi connectivity index (χ2v) is 4.61. The molecule has 0 aliphatic carbocycles. The molecule has 0 spiro atoms. The van der Waals surface area contributed by atoms with E-state index in [2.05, 4.69) is 36.7 Å². The normalized spacial score (nSPS) is 11.0. The van der Waals surface area contributed by atoms with Crippen LogP contribution in [0.3, 0.4) is 0 Å². The van der Waals surface area contributed by atoms with Crippen molar-refractivity contribution >= 4 is 11.7 Å². The van der Waals surface area contributed by atoms with E-state index in [1.165, 1.54) is 12.8 Å². The molecule has 1 unspecified atom stereocenters. The molecule has 20 heavy (non-hydrogen) atoms. The third kappa shape index (κ3) is 10.4. The zero-order valence-electron chi connectivity index (χ0n) is 13.2. The Morgan fingerprint density at radius 3 is 2.30 bits per heavy atom. The Labute approximate surface area is 123 Å². The summed E-state index contributed by atoms with van der Waals surface area (Å²) >= 11 is 0. The fourth-order valence-corrected chi connectivity index (χ4v) is 1.39. The van der Waals surface area contributed by atoms with Crippen LogP contribution < -0.4 is 16.0 Å². The molecule has 0 aromatic heterocycles. The molecule has 1 rings (SSSR count). The number of hydrogen-bond donors (Lipinski definition) is 3. The molecule has 3 N–H and O–H groups in total. The van der Waals surface area contributed by atoms with E-state index in [-0.39, 0.29) is 6.03 Å². The van der Waals surface area contributed by atoms with Gasteiger partial charge >= 0.3 is 6.03 Å². The van der Waals surface area contributed by atoms with Crippen molar-refractivity contribution in [2.24, 2.45) is 0 Å². The van der Waals surface area contributed by atoms with Crippen molar-refractivity contribution in [3.63, 3.8) is 0 Å². The van der Waals surface area contributed by atoms with Crippen LogP contribution in [0, 0.1) is 0 Å². The number of benzene rings is 1. The molecule has 0 bridgehead atoms.